The third-order valence-corrected chi connectivity index (χ3v) is 5.12. The maximum Gasteiger partial charge on any atom is 0.198 e. The van der Waals surface area contributed by atoms with Gasteiger partial charge in [-0.1, -0.05) is 54.6 Å². The summed E-state index contributed by atoms with van der Waals surface area (Å²) in [6.07, 6.45) is 2.11. The van der Waals surface area contributed by atoms with Gasteiger partial charge in [-0.15, -0.1) is 0 Å². The van der Waals surface area contributed by atoms with Crippen LogP contribution in [0.3, 0.4) is 0 Å². The fourth-order valence-electron chi connectivity index (χ4n) is 3.92. The highest BCUT2D eigenvalue weighted by atomic mass is 15.1. The van der Waals surface area contributed by atoms with Crippen LogP contribution in [-0.4, -0.2) is 5.96 Å². The van der Waals surface area contributed by atoms with Crippen LogP contribution in [0.5, 0.6) is 0 Å². The van der Waals surface area contributed by atoms with E-state index in [0.717, 1.165) is 24.2 Å². The second kappa shape index (κ2) is 5.88. The number of hydrogen-bond acceptors (Lipinski definition) is 1. The highest BCUT2D eigenvalue weighted by Gasteiger charge is 2.17. The van der Waals surface area contributed by atoms with Crippen molar-refractivity contribution in [1.82, 2.24) is 0 Å². The number of fused-ring (bicyclic) bond motifs is 1. The maximum atomic E-state index is 6.21. The number of hydrogen-bond donors (Lipinski definition) is 2. The molecule has 1 aliphatic rings. The van der Waals surface area contributed by atoms with Crippen molar-refractivity contribution in [2.24, 2.45) is 10.7 Å². The van der Waals surface area contributed by atoms with Crippen LogP contribution in [0.4, 0.5) is 11.4 Å². The molecule has 0 saturated heterocycles. The molecule has 126 valence electrons. The zero-order valence-corrected chi connectivity index (χ0v) is 14.4. The second-order valence-corrected chi connectivity index (χ2v) is 6.76. The Morgan fingerprint density at radius 3 is 2.54 bits per heavy atom. The number of aryl methyl sites for hydroxylation is 2. The SMILES string of the molecule is NC(=Nc1ccc2cccc3c2c1CC3)Nc1ccc2ccccc2c1. The van der Waals surface area contributed by atoms with Crippen LogP contribution in [-0.2, 0) is 12.8 Å². The normalized spacial score (nSPS) is 13.5. The predicted octanol–water partition coefficient (Wildman–Crippen LogP) is 5.15. The Balaban J connectivity index is 1.50. The van der Waals surface area contributed by atoms with Crippen molar-refractivity contribution in [2.45, 2.75) is 12.8 Å². The Morgan fingerprint density at radius 2 is 1.62 bits per heavy atom. The Kier molecular flexibility index (Phi) is 3.39. The van der Waals surface area contributed by atoms with Crippen molar-refractivity contribution in [3.8, 4) is 0 Å². The van der Waals surface area contributed by atoms with Gasteiger partial charge in [0.1, 0.15) is 0 Å². The number of nitrogens with one attached hydrogen (secondary N) is 1. The van der Waals surface area contributed by atoms with Crippen LogP contribution < -0.4 is 11.1 Å². The lowest BCUT2D eigenvalue weighted by Gasteiger charge is -2.09. The molecule has 0 fully saturated rings. The second-order valence-electron chi connectivity index (χ2n) is 6.76. The summed E-state index contributed by atoms with van der Waals surface area (Å²) in [5, 5.41) is 8.26. The number of anilines is 1. The van der Waals surface area contributed by atoms with Crippen molar-refractivity contribution in [2.75, 3.05) is 5.32 Å². The molecule has 0 radical (unpaired) electrons. The molecule has 0 atom stereocenters. The average molecular weight is 337 g/mol. The zero-order chi connectivity index (χ0) is 17.5. The average Bonchev–Trinajstić information content (AvgIpc) is 3.10. The predicted molar refractivity (Wildman–Crippen MR) is 110 cm³/mol. The molecular weight excluding hydrogens is 318 g/mol. The number of aliphatic imine (C=N–C) groups is 1. The molecule has 4 aromatic carbocycles. The molecular formula is C23H19N3. The van der Waals surface area contributed by atoms with E-state index in [1.807, 2.05) is 18.2 Å². The molecule has 4 aromatic rings. The monoisotopic (exact) mass is 337 g/mol. The molecule has 1 aliphatic carbocycles. The van der Waals surface area contributed by atoms with E-state index < -0.39 is 0 Å². The largest absolute Gasteiger partial charge is 0.369 e. The molecule has 3 heteroatoms. The summed E-state index contributed by atoms with van der Waals surface area (Å²) in [5.74, 6) is 0.417. The molecule has 26 heavy (non-hydrogen) atoms. The molecule has 0 aliphatic heterocycles. The highest BCUT2D eigenvalue weighted by molar-refractivity contribution is 5.99. The summed E-state index contributed by atoms with van der Waals surface area (Å²) in [5.41, 5.74) is 10.8. The summed E-state index contributed by atoms with van der Waals surface area (Å²) >= 11 is 0. The molecule has 3 N–H and O–H groups in total. The Morgan fingerprint density at radius 1 is 0.808 bits per heavy atom. The van der Waals surface area contributed by atoms with Crippen molar-refractivity contribution in [3.63, 3.8) is 0 Å². The number of benzene rings is 4. The fraction of sp³-hybridized carbons (Fsp3) is 0.0870. The van der Waals surface area contributed by atoms with Crippen LogP contribution in [0.2, 0.25) is 0 Å². The van der Waals surface area contributed by atoms with E-state index in [-0.39, 0.29) is 0 Å². The van der Waals surface area contributed by atoms with Gasteiger partial charge in [0.2, 0.25) is 0 Å². The first kappa shape index (κ1) is 15.0. The van der Waals surface area contributed by atoms with E-state index in [1.165, 1.54) is 32.7 Å². The number of guanidine groups is 1. The minimum Gasteiger partial charge on any atom is -0.369 e. The summed E-state index contributed by atoms with van der Waals surface area (Å²) in [6.45, 7) is 0. The van der Waals surface area contributed by atoms with Crippen LogP contribution in [0.1, 0.15) is 11.1 Å². The Labute approximate surface area is 152 Å². The molecule has 0 spiro atoms. The lowest BCUT2D eigenvalue weighted by Crippen LogP contribution is -2.22. The van der Waals surface area contributed by atoms with Gasteiger partial charge in [0.15, 0.2) is 5.96 Å². The molecule has 5 rings (SSSR count). The number of rotatable bonds is 2. The molecule has 3 nitrogen and oxygen atoms in total. The highest BCUT2D eigenvalue weighted by Crippen LogP contribution is 2.36. The van der Waals surface area contributed by atoms with Gasteiger partial charge in [-0.25, -0.2) is 4.99 Å². The van der Waals surface area contributed by atoms with E-state index in [0.29, 0.717) is 5.96 Å². The van der Waals surface area contributed by atoms with E-state index in [4.69, 9.17) is 5.73 Å². The Hall–Kier alpha value is -3.33. The number of nitrogens with zero attached hydrogens (tertiary/aromatic N) is 1. The standard InChI is InChI=1S/C23H19N3/c24-23(25-19-11-8-15-4-1-2-5-18(15)14-19)26-21-13-10-17-7-3-6-16-9-12-20(21)22(16)17/h1-8,10-11,13-14H,9,12H2,(H3,24,25,26). The third kappa shape index (κ3) is 2.49. The van der Waals surface area contributed by atoms with Gasteiger partial charge in [0, 0.05) is 5.69 Å². The summed E-state index contributed by atoms with van der Waals surface area (Å²) in [4.78, 5) is 4.67. The van der Waals surface area contributed by atoms with E-state index in [1.54, 1.807) is 0 Å². The first-order valence-electron chi connectivity index (χ1n) is 8.91. The first-order chi connectivity index (χ1) is 12.8. The lowest BCUT2D eigenvalue weighted by atomic mass is 10.0. The minimum absolute atomic E-state index is 0.417. The smallest absolute Gasteiger partial charge is 0.198 e. The van der Waals surface area contributed by atoms with Crippen molar-refractivity contribution in [3.05, 3.63) is 83.9 Å². The lowest BCUT2D eigenvalue weighted by molar-refractivity contribution is 1.02. The summed E-state index contributed by atoms with van der Waals surface area (Å²) in [6, 6.07) is 25.2. The van der Waals surface area contributed by atoms with Crippen molar-refractivity contribution in [1.29, 1.82) is 0 Å². The van der Waals surface area contributed by atoms with Gasteiger partial charge >= 0.3 is 0 Å². The molecule has 0 aromatic heterocycles. The zero-order valence-electron chi connectivity index (χ0n) is 14.4. The fourth-order valence-corrected chi connectivity index (χ4v) is 3.92. The van der Waals surface area contributed by atoms with E-state index >= 15 is 0 Å². The third-order valence-electron chi connectivity index (χ3n) is 5.12. The summed E-state index contributed by atoms with van der Waals surface area (Å²) in [7, 11) is 0. The maximum absolute atomic E-state index is 6.21. The topological polar surface area (TPSA) is 50.4 Å². The van der Waals surface area contributed by atoms with Gasteiger partial charge in [0.25, 0.3) is 0 Å². The van der Waals surface area contributed by atoms with Gasteiger partial charge < -0.3 is 11.1 Å². The first-order valence-corrected chi connectivity index (χ1v) is 8.91. The van der Waals surface area contributed by atoms with E-state index in [9.17, 15) is 0 Å². The van der Waals surface area contributed by atoms with Crippen molar-refractivity contribution >= 4 is 38.9 Å². The van der Waals surface area contributed by atoms with Crippen molar-refractivity contribution < 1.29 is 0 Å². The van der Waals surface area contributed by atoms with Gasteiger partial charge in [-0.3, -0.25) is 0 Å². The van der Waals surface area contributed by atoms with Gasteiger partial charge in [-0.2, -0.15) is 0 Å². The molecule has 0 unspecified atom stereocenters. The Bertz CT molecular complexity index is 1170. The molecule has 0 amide bonds. The van der Waals surface area contributed by atoms with Gasteiger partial charge in [0.05, 0.1) is 5.69 Å². The van der Waals surface area contributed by atoms with E-state index in [2.05, 4.69) is 64.9 Å². The van der Waals surface area contributed by atoms with Crippen LogP contribution in [0, 0.1) is 0 Å². The van der Waals surface area contributed by atoms with Crippen LogP contribution in [0.15, 0.2) is 77.8 Å². The minimum atomic E-state index is 0.417. The summed E-state index contributed by atoms with van der Waals surface area (Å²) < 4.78 is 0. The van der Waals surface area contributed by atoms with Crippen LogP contribution in [0.25, 0.3) is 21.5 Å². The quantitative estimate of drug-likeness (QED) is 0.392. The molecule has 0 saturated carbocycles. The molecule has 0 heterocycles. The van der Waals surface area contributed by atoms with Crippen LogP contribution >= 0.6 is 0 Å². The number of nitrogens with two attached hydrogens (primary N) is 1. The van der Waals surface area contributed by atoms with Gasteiger partial charge in [-0.05, 0) is 63.7 Å². The molecule has 0 bridgehead atoms.